The van der Waals surface area contributed by atoms with Gasteiger partial charge in [0.25, 0.3) is 0 Å². The number of nitrogens with two attached hydrogens (primary N) is 1. The van der Waals surface area contributed by atoms with Gasteiger partial charge in [0, 0.05) is 11.6 Å². The number of nitrogens with one attached hydrogen (secondary N) is 1. The molecule has 0 heterocycles. The summed E-state index contributed by atoms with van der Waals surface area (Å²) in [6.07, 6.45) is -0.768. The number of benzene rings is 1. The maximum Gasteiger partial charge on any atom is 0.231 e. The lowest BCUT2D eigenvalue weighted by molar-refractivity contribution is -0.117. The van der Waals surface area contributed by atoms with E-state index in [9.17, 15) is 9.90 Å². The zero-order chi connectivity index (χ0) is 13.5. The molecule has 1 amide bonds. The van der Waals surface area contributed by atoms with E-state index in [1.165, 1.54) is 0 Å². The maximum atomic E-state index is 10.5. The van der Waals surface area contributed by atoms with Crippen LogP contribution in [0, 0.1) is 0 Å². The molecule has 0 aliphatic heterocycles. The van der Waals surface area contributed by atoms with Gasteiger partial charge in [-0.2, -0.15) is 0 Å². The van der Waals surface area contributed by atoms with E-state index in [0.717, 1.165) is 0 Å². The van der Waals surface area contributed by atoms with Crippen molar-refractivity contribution in [2.24, 2.45) is 5.73 Å². The summed E-state index contributed by atoms with van der Waals surface area (Å²) in [5, 5.41) is 13.1. The summed E-state index contributed by atoms with van der Waals surface area (Å²) in [4.78, 5) is 10.5. The molecule has 7 heteroatoms. The number of carbonyl (C=O) groups excluding carboxylic acids is 1. The van der Waals surface area contributed by atoms with Gasteiger partial charge in [-0.15, -0.1) is 0 Å². The van der Waals surface area contributed by atoms with Gasteiger partial charge < -0.3 is 20.9 Å². The fourth-order valence-corrected chi connectivity index (χ4v) is 1.66. The van der Waals surface area contributed by atoms with Crippen LogP contribution in [0.15, 0.2) is 18.2 Å². The van der Waals surface area contributed by atoms with Crippen LogP contribution in [0.2, 0.25) is 10.0 Å². The number of rotatable bonds is 7. The molecule has 0 saturated heterocycles. The Morgan fingerprint density at radius 1 is 1.50 bits per heavy atom. The number of halogens is 2. The molecule has 100 valence electrons. The number of ether oxygens (including phenoxy) is 1. The van der Waals surface area contributed by atoms with Crippen molar-refractivity contribution >= 4 is 29.1 Å². The minimum absolute atomic E-state index is 0.0127. The lowest BCUT2D eigenvalue weighted by Crippen LogP contribution is -2.36. The van der Waals surface area contributed by atoms with Crippen LogP contribution < -0.4 is 15.8 Å². The predicted molar refractivity (Wildman–Crippen MR) is 70.0 cm³/mol. The fraction of sp³-hybridized carbons (Fsp3) is 0.364. The van der Waals surface area contributed by atoms with E-state index >= 15 is 0 Å². The first-order valence-corrected chi connectivity index (χ1v) is 5.99. The molecule has 0 aliphatic rings. The number of hydrogen-bond donors (Lipinski definition) is 3. The molecule has 1 unspecified atom stereocenters. The molecule has 5 nitrogen and oxygen atoms in total. The van der Waals surface area contributed by atoms with E-state index in [4.69, 9.17) is 33.7 Å². The first kappa shape index (κ1) is 15.0. The summed E-state index contributed by atoms with van der Waals surface area (Å²) in [6.45, 7) is 0.264. The molecule has 0 aromatic heterocycles. The molecule has 1 aromatic carbocycles. The van der Waals surface area contributed by atoms with Gasteiger partial charge in [-0.1, -0.05) is 23.2 Å². The third kappa shape index (κ3) is 5.55. The summed E-state index contributed by atoms with van der Waals surface area (Å²) in [7, 11) is 0. The van der Waals surface area contributed by atoms with Gasteiger partial charge in [-0.05, 0) is 18.2 Å². The molecular weight excluding hydrogens is 279 g/mol. The van der Waals surface area contributed by atoms with E-state index in [0.29, 0.717) is 15.8 Å². The summed E-state index contributed by atoms with van der Waals surface area (Å²) < 4.78 is 5.31. The van der Waals surface area contributed by atoms with Crippen LogP contribution in [-0.2, 0) is 4.79 Å². The van der Waals surface area contributed by atoms with Gasteiger partial charge in [0.1, 0.15) is 18.5 Å². The van der Waals surface area contributed by atoms with Crippen molar-refractivity contribution in [2.75, 3.05) is 19.7 Å². The Bertz CT molecular complexity index is 415. The molecule has 1 atom stereocenters. The molecule has 0 spiro atoms. The van der Waals surface area contributed by atoms with Crippen LogP contribution in [-0.4, -0.2) is 36.8 Å². The van der Waals surface area contributed by atoms with Crippen molar-refractivity contribution in [1.82, 2.24) is 5.32 Å². The van der Waals surface area contributed by atoms with Crippen molar-refractivity contribution in [3.63, 3.8) is 0 Å². The highest BCUT2D eigenvalue weighted by Gasteiger charge is 2.08. The minimum atomic E-state index is -0.768. The molecule has 1 aromatic rings. The molecule has 0 fully saturated rings. The van der Waals surface area contributed by atoms with Gasteiger partial charge in [0.15, 0.2) is 0 Å². The van der Waals surface area contributed by atoms with E-state index in [2.05, 4.69) is 5.32 Å². The summed E-state index contributed by atoms with van der Waals surface area (Å²) >= 11 is 11.6. The molecular formula is C11H14Cl2N2O3. The second-order valence-corrected chi connectivity index (χ2v) is 4.48. The van der Waals surface area contributed by atoms with Crippen molar-refractivity contribution < 1.29 is 14.6 Å². The standard InChI is InChI=1S/C11H14Cl2N2O3/c12-7-1-2-10(9(13)3-7)18-6-8(16)4-15-5-11(14)17/h1-3,8,15-16H,4-6H2,(H2,14,17). The van der Waals surface area contributed by atoms with Crippen LogP contribution in [0.1, 0.15) is 0 Å². The van der Waals surface area contributed by atoms with Crippen LogP contribution in [0.3, 0.4) is 0 Å². The Morgan fingerprint density at radius 3 is 2.83 bits per heavy atom. The summed E-state index contributed by atoms with van der Waals surface area (Å²) in [5.74, 6) is -0.0427. The Labute approximate surface area is 115 Å². The highest BCUT2D eigenvalue weighted by atomic mass is 35.5. The zero-order valence-corrected chi connectivity index (χ0v) is 11.0. The highest BCUT2D eigenvalue weighted by Crippen LogP contribution is 2.27. The fourth-order valence-electron chi connectivity index (χ4n) is 1.20. The van der Waals surface area contributed by atoms with Crippen LogP contribution in [0.25, 0.3) is 0 Å². The maximum absolute atomic E-state index is 10.5. The van der Waals surface area contributed by atoms with Crippen LogP contribution in [0.4, 0.5) is 0 Å². The smallest absolute Gasteiger partial charge is 0.231 e. The largest absolute Gasteiger partial charge is 0.489 e. The topological polar surface area (TPSA) is 84.6 Å². The van der Waals surface area contributed by atoms with E-state index in [1.54, 1.807) is 18.2 Å². The SMILES string of the molecule is NC(=O)CNCC(O)COc1ccc(Cl)cc1Cl. The van der Waals surface area contributed by atoms with Gasteiger partial charge in [-0.25, -0.2) is 0 Å². The van der Waals surface area contributed by atoms with Gasteiger partial charge in [0.05, 0.1) is 11.6 Å². The van der Waals surface area contributed by atoms with Crippen LogP contribution >= 0.6 is 23.2 Å². The lowest BCUT2D eigenvalue weighted by atomic mass is 10.3. The zero-order valence-electron chi connectivity index (χ0n) is 9.53. The first-order valence-electron chi connectivity index (χ1n) is 5.24. The Balaban J connectivity index is 2.33. The molecule has 1 rings (SSSR count). The van der Waals surface area contributed by atoms with Crippen molar-refractivity contribution in [1.29, 1.82) is 0 Å². The molecule has 0 radical (unpaired) electrons. The summed E-state index contributed by atoms with van der Waals surface area (Å²) in [6, 6.07) is 4.81. The van der Waals surface area contributed by atoms with Crippen molar-refractivity contribution in [2.45, 2.75) is 6.10 Å². The number of primary amides is 1. The highest BCUT2D eigenvalue weighted by molar-refractivity contribution is 6.35. The van der Waals surface area contributed by atoms with E-state index < -0.39 is 12.0 Å². The first-order chi connectivity index (χ1) is 8.49. The van der Waals surface area contributed by atoms with E-state index in [-0.39, 0.29) is 19.7 Å². The quantitative estimate of drug-likeness (QED) is 0.694. The van der Waals surface area contributed by atoms with Gasteiger partial charge in [0.2, 0.25) is 5.91 Å². The van der Waals surface area contributed by atoms with Crippen molar-refractivity contribution in [3.8, 4) is 5.75 Å². The average Bonchev–Trinajstić information content (AvgIpc) is 2.27. The van der Waals surface area contributed by atoms with Crippen molar-refractivity contribution in [3.05, 3.63) is 28.2 Å². The number of amides is 1. The van der Waals surface area contributed by atoms with E-state index in [1.807, 2.05) is 0 Å². The lowest BCUT2D eigenvalue weighted by Gasteiger charge is -2.13. The Hall–Kier alpha value is -1.01. The second kappa shape index (κ2) is 7.43. The number of carbonyl (C=O) groups is 1. The normalized spacial score (nSPS) is 12.2. The number of aliphatic hydroxyl groups excluding tert-OH is 1. The minimum Gasteiger partial charge on any atom is -0.489 e. The average molecular weight is 293 g/mol. The monoisotopic (exact) mass is 292 g/mol. The second-order valence-electron chi connectivity index (χ2n) is 3.64. The number of aliphatic hydroxyl groups is 1. The molecule has 0 bridgehead atoms. The predicted octanol–water partition coefficient (Wildman–Crippen LogP) is 0.808. The van der Waals surface area contributed by atoms with Gasteiger partial charge >= 0.3 is 0 Å². The Kier molecular flexibility index (Phi) is 6.21. The molecule has 0 aliphatic carbocycles. The molecule has 4 N–H and O–H groups in total. The Morgan fingerprint density at radius 2 is 2.22 bits per heavy atom. The number of hydrogen-bond acceptors (Lipinski definition) is 4. The third-order valence-electron chi connectivity index (χ3n) is 2.00. The van der Waals surface area contributed by atoms with Gasteiger partial charge in [-0.3, -0.25) is 4.79 Å². The molecule has 18 heavy (non-hydrogen) atoms. The molecule has 0 saturated carbocycles. The van der Waals surface area contributed by atoms with Crippen LogP contribution in [0.5, 0.6) is 5.75 Å². The third-order valence-corrected chi connectivity index (χ3v) is 2.53. The summed E-state index contributed by atoms with van der Waals surface area (Å²) in [5.41, 5.74) is 4.93.